The fourth-order valence-electron chi connectivity index (χ4n) is 1.98. The molecule has 0 spiro atoms. The van der Waals surface area contributed by atoms with Gasteiger partial charge in [0.25, 0.3) is 0 Å². The van der Waals surface area contributed by atoms with Crippen molar-refractivity contribution >= 4 is 21.9 Å². The first kappa shape index (κ1) is 14.5. The minimum Gasteiger partial charge on any atom is -0.384 e. The number of aliphatic imine (C=N–C) groups is 1. The second kappa shape index (κ2) is 7.71. The molecule has 1 saturated heterocycles. The van der Waals surface area contributed by atoms with Gasteiger partial charge in [-0.3, -0.25) is 0 Å². The monoisotopic (exact) mass is 303 g/mol. The summed E-state index contributed by atoms with van der Waals surface area (Å²) < 4.78 is 6.11. The Morgan fingerprint density at radius 2 is 2.41 bits per heavy atom. The highest BCUT2D eigenvalue weighted by Gasteiger charge is 2.24. The van der Waals surface area contributed by atoms with Gasteiger partial charge in [-0.1, -0.05) is 22.5 Å². The molecule has 0 amide bonds. The van der Waals surface area contributed by atoms with E-state index in [4.69, 9.17) is 4.74 Å². The number of nitrogens with one attached hydrogen (secondary N) is 1. The van der Waals surface area contributed by atoms with Gasteiger partial charge in [0, 0.05) is 37.1 Å². The topological polar surface area (TPSA) is 36.9 Å². The standard InChI is InChI=1S/C12H22BrN3O/c1-4-14-12(15-7-10(2)13)16-6-5-11(8-16)9-17-3/h11H,2,4-9H2,1,3H3,(H,14,15). The summed E-state index contributed by atoms with van der Waals surface area (Å²) in [5.41, 5.74) is 0. The van der Waals surface area contributed by atoms with Crippen LogP contribution in [0.2, 0.25) is 0 Å². The van der Waals surface area contributed by atoms with E-state index in [-0.39, 0.29) is 0 Å². The normalized spacial score (nSPS) is 20.8. The van der Waals surface area contributed by atoms with Crippen LogP contribution in [-0.2, 0) is 4.74 Å². The Morgan fingerprint density at radius 3 is 3.00 bits per heavy atom. The SMILES string of the molecule is C=C(Br)CN=C(NCC)N1CCC(COC)C1. The molecule has 1 atom stereocenters. The third-order valence-electron chi connectivity index (χ3n) is 2.72. The molecule has 1 N–H and O–H groups in total. The number of likely N-dealkylation sites (tertiary alicyclic amines) is 1. The van der Waals surface area contributed by atoms with Crippen LogP contribution in [0.15, 0.2) is 16.1 Å². The highest BCUT2D eigenvalue weighted by molar-refractivity contribution is 9.11. The number of hydrogen-bond acceptors (Lipinski definition) is 2. The predicted molar refractivity (Wildman–Crippen MR) is 75.6 cm³/mol. The Labute approximate surface area is 112 Å². The van der Waals surface area contributed by atoms with E-state index in [1.165, 1.54) is 6.42 Å². The first-order valence-electron chi connectivity index (χ1n) is 6.02. The fourth-order valence-corrected chi connectivity index (χ4v) is 2.11. The number of ether oxygens (including phenoxy) is 1. The van der Waals surface area contributed by atoms with Gasteiger partial charge in [-0.15, -0.1) is 0 Å². The van der Waals surface area contributed by atoms with Crippen molar-refractivity contribution < 1.29 is 4.74 Å². The fraction of sp³-hybridized carbons (Fsp3) is 0.750. The molecule has 0 aliphatic carbocycles. The number of nitrogens with zero attached hydrogens (tertiary/aromatic N) is 2. The number of rotatable bonds is 5. The zero-order valence-electron chi connectivity index (χ0n) is 10.7. The summed E-state index contributed by atoms with van der Waals surface area (Å²) >= 11 is 3.33. The Bertz CT molecular complexity index is 281. The van der Waals surface area contributed by atoms with Crippen LogP contribution in [0.5, 0.6) is 0 Å². The summed E-state index contributed by atoms with van der Waals surface area (Å²) in [7, 11) is 1.76. The molecule has 5 heteroatoms. The van der Waals surface area contributed by atoms with Crippen molar-refractivity contribution in [3.63, 3.8) is 0 Å². The van der Waals surface area contributed by atoms with Crippen molar-refractivity contribution in [1.29, 1.82) is 0 Å². The van der Waals surface area contributed by atoms with Crippen LogP contribution in [-0.4, -0.2) is 50.8 Å². The van der Waals surface area contributed by atoms with Crippen molar-refractivity contribution in [2.24, 2.45) is 10.9 Å². The lowest BCUT2D eigenvalue weighted by Crippen LogP contribution is -2.40. The van der Waals surface area contributed by atoms with E-state index < -0.39 is 0 Å². The summed E-state index contributed by atoms with van der Waals surface area (Å²) in [4.78, 5) is 6.83. The maximum Gasteiger partial charge on any atom is 0.194 e. The minimum atomic E-state index is 0.619. The quantitative estimate of drug-likeness (QED) is 0.622. The van der Waals surface area contributed by atoms with E-state index in [0.717, 1.165) is 36.7 Å². The highest BCUT2D eigenvalue weighted by atomic mass is 79.9. The van der Waals surface area contributed by atoms with Crippen molar-refractivity contribution in [2.75, 3.05) is 39.9 Å². The van der Waals surface area contributed by atoms with Gasteiger partial charge in [-0.2, -0.15) is 0 Å². The third-order valence-corrected chi connectivity index (χ3v) is 2.97. The number of methoxy groups -OCH3 is 1. The lowest BCUT2D eigenvalue weighted by molar-refractivity contribution is 0.157. The molecule has 0 aromatic heterocycles. The second-order valence-corrected chi connectivity index (χ2v) is 5.36. The van der Waals surface area contributed by atoms with Crippen LogP contribution in [0.1, 0.15) is 13.3 Å². The van der Waals surface area contributed by atoms with E-state index >= 15 is 0 Å². The maximum absolute atomic E-state index is 5.20. The van der Waals surface area contributed by atoms with Gasteiger partial charge in [0.2, 0.25) is 0 Å². The molecular weight excluding hydrogens is 282 g/mol. The average molecular weight is 304 g/mol. The average Bonchev–Trinajstić information content (AvgIpc) is 2.73. The predicted octanol–water partition coefficient (Wildman–Crippen LogP) is 1.83. The van der Waals surface area contributed by atoms with Crippen molar-refractivity contribution in [3.05, 3.63) is 11.1 Å². The molecule has 1 fully saturated rings. The summed E-state index contributed by atoms with van der Waals surface area (Å²) in [5.74, 6) is 1.60. The van der Waals surface area contributed by atoms with Crippen LogP contribution >= 0.6 is 15.9 Å². The molecule has 17 heavy (non-hydrogen) atoms. The molecule has 0 bridgehead atoms. The molecule has 1 unspecified atom stereocenters. The smallest absolute Gasteiger partial charge is 0.194 e. The van der Waals surface area contributed by atoms with E-state index in [2.05, 4.69) is 44.6 Å². The van der Waals surface area contributed by atoms with Crippen LogP contribution in [0, 0.1) is 5.92 Å². The van der Waals surface area contributed by atoms with E-state index in [9.17, 15) is 0 Å². The lowest BCUT2D eigenvalue weighted by atomic mass is 10.1. The zero-order chi connectivity index (χ0) is 12.7. The van der Waals surface area contributed by atoms with E-state index in [1.54, 1.807) is 7.11 Å². The largest absolute Gasteiger partial charge is 0.384 e. The minimum absolute atomic E-state index is 0.619. The zero-order valence-corrected chi connectivity index (χ0v) is 12.3. The van der Waals surface area contributed by atoms with Gasteiger partial charge in [-0.05, 0) is 13.3 Å². The Balaban J connectivity index is 2.53. The summed E-state index contributed by atoms with van der Waals surface area (Å²) in [6.07, 6.45) is 1.17. The first-order chi connectivity index (χ1) is 8.17. The maximum atomic E-state index is 5.20. The molecule has 1 heterocycles. The number of hydrogen-bond donors (Lipinski definition) is 1. The van der Waals surface area contributed by atoms with Gasteiger partial charge in [-0.25, -0.2) is 4.99 Å². The molecule has 1 aliphatic heterocycles. The lowest BCUT2D eigenvalue weighted by Gasteiger charge is -2.21. The molecule has 0 aromatic rings. The summed E-state index contributed by atoms with van der Waals surface area (Å²) in [5, 5.41) is 3.32. The van der Waals surface area contributed by atoms with Crippen molar-refractivity contribution in [1.82, 2.24) is 10.2 Å². The van der Waals surface area contributed by atoms with Gasteiger partial charge >= 0.3 is 0 Å². The Morgan fingerprint density at radius 1 is 1.65 bits per heavy atom. The van der Waals surface area contributed by atoms with Crippen LogP contribution < -0.4 is 5.32 Å². The molecule has 98 valence electrons. The number of guanidine groups is 1. The summed E-state index contributed by atoms with van der Waals surface area (Å²) in [6.45, 7) is 10.3. The van der Waals surface area contributed by atoms with Crippen LogP contribution in [0.3, 0.4) is 0 Å². The Hall–Kier alpha value is -0.550. The summed E-state index contributed by atoms with van der Waals surface area (Å²) in [6, 6.07) is 0. The molecule has 0 aromatic carbocycles. The van der Waals surface area contributed by atoms with Gasteiger partial charge in [0.1, 0.15) is 0 Å². The van der Waals surface area contributed by atoms with Crippen molar-refractivity contribution in [2.45, 2.75) is 13.3 Å². The molecule has 1 aliphatic rings. The Kier molecular flexibility index (Phi) is 6.58. The first-order valence-corrected chi connectivity index (χ1v) is 6.82. The van der Waals surface area contributed by atoms with Crippen LogP contribution in [0.4, 0.5) is 0 Å². The van der Waals surface area contributed by atoms with Crippen LogP contribution in [0.25, 0.3) is 0 Å². The number of halogens is 1. The third kappa shape index (κ3) is 5.08. The van der Waals surface area contributed by atoms with Crippen molar-refractivity contribution in [3.8, 4) is 0 Å². The van der Waals surface area contributed by atoms with Gasteiger partial charge < -0.3 is 15.0 Å². The molecule has 0 saturated carbocycles. The highest BCUT2D eigenvalue weighted by Crippen LogP contribution is 2.16. The molecule has 1 rings (SSSR count). The molecule has 4 nitrogen and oxygen atoms in total. The van der Waals surface area contributed by atoms with E-state index in [1.807, 2.05) is 0 Å². The van der Waals surface area contributed by atoms with Gasteiger partial charge in [0.15, 0.2) is 5.96 Å². The molecule has 0 radical (unpaired) electrons. The second-order valence-electron chi connectivity index (χ2n) is 4.24. The van der Waals surface area contributed by atoms with Gasteiger partial charge in [0.05, 0.1) is 13.2 Å². The molecular formula is C12H22BrN3O. The van der Waals surface area contributed by atoms with E-state index in [0.29, 0.717) is 12.5 Å².